The number of halogens is 2. The Morgan fingerprint density at radius 3 is 2.78 bits per heavy atom. The van der Waals surface area contributed by atoms with Gasteiger partial charge >= 0.3 is 0 Å². The molecular weight excluding hydrogens is 326 g/mol. The molecule has 0 aliphatic heterocycles. The summed E-state index contributed by atoms with van der Waals surface area (Å²) in [5, 5.41) is 9.89. The third kappa shape index (κ3) is 4.49. The summed E-state index contributed by atoms with van der Waals surface area (Å²) in [6.45, 7) is 2.64. The number of carbonyl (C=O) groups excluding carboxylic acids is 1. The predicted octanol–water partition coefficient (Wildman–Crippen LogP) is 2.32. The molecule has 2 aromatic rings. The Hall–Kier alpha value is -2.00. The quantitative estimate of drug-likeness (QED) is 0.782. The van der Waals surface area contributed by atoms with E-state index in [0.29, 0.717) is 18.3 Å². The number of hydrogen-bond donors (Lipinski definition) is 1. The summed E-state index contributed by atoms with van der Waals surface area (Å²) in [5.41, 5.74) is -0.453. The highest BCUT2D eigenvalue weighted by Gasteiger charge is 2.20. The number of amides is 1. The number of nitrogens with one attached hydrogen (secondary N) is 1. The zero-order valence-corrected chi connectivity index (χ0v) is 13.4. The predicted molar refractivity (Wildman–Crippen MR) is 82.2 cm³/mol. The number of rotatable bonds is 7. The van der Waals surface area contributed by atoms with Crippen LogP contribution in [-0.2, 0) is 16.1 Å². The molecule has 0 fully saturated rings. The third-order valence-corrected chi connectivity index (χ3v) is 4.07. The van der Waals surface area contributed by atoms with Crippen LogP contribution in [0.4, 0.5) is 14.5 Å². The first-order valence-corrected chi connectivity index (χ1v) is 7.69. The summed E-state index contributed by atoms with van der Waals surface area (Å²) >= 11 is 1.14. The van der Waals surface area contributed by atoms with E-state index in [1.54, 1.807) is 18.6 Å². The van der Waals surface area contributed by atoms with Crippen molar-refractivity contribution in [2.75, 3.05) is 19.0 Å². The molecule has 0 saturated heterocycles. The van der Waals surface area contributed by atoms with Gasteiger partial charge < -0.3 is 14.6 Å². The molecule has 1 heterocycles. The summed E-state index contributed by atoms with van der Waals surface area (Å²) in [6, 6.07) is 3.40. The van der Waals surface area contributed by atoms with E-state index in [1.807, 2.05) is 0 Å². The highest BCUT2D eigenvalue weighted by molar-refractivity contribution is 8.00. The minimum absolute atomic E-state index is 0.453. The van der Waals surface area contributed by atoms with Crippen LogP contribution < -0.4 is 5.32 Å². The summed E-state index contributed by atoms with van der Waals surface area (Å²) in [6.07, 6.45) is 1.53. The standard InChI is InChI=1S/C14H16F2N4O2S/c1-9(23-14-19-17-8-20(14)6-7-22-2)13(21)18-12-10(15)4-3-5-11(12)16/h3-5,8-9H,6-7H2,1-2H3,(H,18,21). The van der Waals surface area contributed by atoms with Crippen LogP contribution >= 0.6 is 11.8 Å². The van der Waals surface area contributed by atoms with Crippen molar-refractivity contribution in [3.8, 4) is 0 Å². The molecule has 1 aromatic heterocycles. The normalized spacial score (nSPS) is 12.2. The van der Waals surface area contributed by atoms with E-state index in [4.69, 9.17) is 4.74 Å². The second-order valence-corrected chi connectivity index (χ2v) is 5.95. The van der Waals surface area contributed by atoms with Crippen molar-refractivity contribution in [2.45, 2.75) is 23.9 Å². The molecule has 2 rings (SSSR count). The lowest BCUT2D eigenvalue weighted by Gasteiger charge is -2.13. The van der Waals surface area contributed by atoms with Gasteiger partial charge in [0.25, 0.3) is 0 Å². The maximum absolute atomic E-state index is 13.6. The van der Waals surface area contributed by atoms with Gasteiger partial charge in [-0.05, 0) is 19.1 Å². The number of benzene rings is 1. The van der Waals surface area contributed by atoms with Gasteiger partial charge in [0.1, 0.15) is 23.6 Å². The lowest BCUT2D eigenvalue weighted by atomic mass is 10.3. The SMILES string of the molecule is COCCn1cnnc1SC(C)C(=O)Nc1c(F)cccc1F. The third-order valence-electron chi connectivity index (χ3n) is 2.98. The fourth-order valence-corrected chi connectivity index (χ4v) is 2.58. The van der Waals surface area contributed by atoms with E-state index in [1.165, 1.54) is 12.4 Å². The van der Waals surface area contributed by atoms with Crippen molar-refractivity contribution < 1.29 is 18.3 Å². The largest absolute Gasteiger partial charge is 0.383 e. The molecule has 0 saturated carbocycles. The van der Waals surface area contributed by atoms with E-state index < -0.39 is 28.5 Å². The van der Waals surface area contributed by atoms with E-state index in [-0.39, 0.29) is 0 Å². The molecule has 0 bridgehead atoms. The topological polar surface area (TPSA) is 69.0 Å². The second kappa shape index (κ2) is 8.02. The van der Waals surface area contributed by atoms with Crippen LogP contribution in [0.25, 0.3) is 0 Å². The highest BCUT2D eigenvalue weighted by atomic mass is 32.2. The van der Waals surface area contributed by atoms with Gasteiger partial charge in [-0.1, -0.05) is 17.8 Å². The summed E-state index contributed by atoms with van der Waals surface area (Å²) in [5.74, 6) is -2.17. The van der Waals surface area contributed by atoms with Gasteiger partial charge in [-0.2, -0.15) is 0 Å². The van der Waals surface area contributed by atoms with Crippen LogP contribution in [0.15, 0.2) is 29.7 Å². The number of anilines is 1. The Bertz CT molecular complexity index is 660. The van der Waals surface area contributed by atoms with Gasteiger partial charge in [-0.25, -0.2) is 8.78 Å². The first-order valence-electron chi connectivity index (χ1n) is 6.81. The Balaban J connectivity index is 2.02. The number of methoxy groups -OCH3 is 1. The van der Waals surface area contributed by atoms with Gasteiger partial charge in [0, 0.05) is 13.7 Å². The molecule has 0 spiro atoms. The fraction of sp³-hybridized carbons (Fsp3) is 0.357. The van der Waals surface area contributed by atoms with Crippen molar-refractivity contribution in [1.29, 1.82) is 0 Å². The van der Waals surface area contributed by atoms with Gasteiger partial charge in [0.05, 0.1) is 11.9 Å². The molecule has 6 nitrogen and oxygen atoms in total. The van der Waals surface area contributed by atoms with Crippen LogP contribution in [0.3, 0.4) is 0 Å². The summed E-state index contributed by atoms with van der Waals surface area (Å²) in [7, 11) is 1.58. The van der Waals surface area contributed by atoms with E-state index in [9.17, 15) is 13.6 Å². The smallest absolute Gasteiger partial charge is 0.237 e. The number of hydrogen-bond acceptors (Lipinski definition) is 5. The van der Waals surface area contributed by atoms with Gasteiger partial charge in [-0.3, -0.25) is 4.79 Å². The summed E-state index contributed by atoms with van der Waals surface area (Å²) < 4.78 is 33.8. The van der Waals surface area contributed by atoms with Gasteiger partial charge in [0.15, 0.2) is 5.16 Å². The Kier molecular flexibility index (Phi) is 6.05. The van der Waals surface area contributed by atoms with Crippen LogP contribution in [-0.4, -0.2) is 39.6 Å². The molecule has 0 aliphatic carbocycles. The van der Waals surface area contributed by atoms with Crippen LogP contribution in [0.5, 0.6) is 0 Å². The summed E-state index contributed by atoms with van der Waals surface area (Å²) in [4.78, 5) is 12.1. The van der Waals surface area contributed by atoms with Crippen LogP contribution in [0, 0.1) is 11.6 Å². The first kappa shape index (κ1) is 17.4. The molecule has 0 radical (unpaired) electrons. The zero-order chi connectivity index (χ0) is 16.8. The number of ether oxygens (including phenoxy) is 1. The average molecular weight is 342 g/mol. The molecule has 1 atom stereocenters. The number of thioether (sulfide) groups is 1. The van der Waals surface area contributed by atoms with E-state index in [2.05, 4.69) is 15.5 Å². The average Bonchev–Trinajstić information content (AvgIpc) is 2.95. The zero-order valence-electron chi connectivity index (χ0n) is 12.6. The number of nitrogens with zero attached hydrogens (tertiary/aromatic N) is 3. The molecule has 1 N–H and O–H groups in total. The maximum atomic E-state index is 13.6. The number of para-hydroxylation sites is 1. The van der Waals surface area contributed by atoms with Crippen molar-refractivity contribution in [2.24, 2.45) is 0 Å². The first-order chi connectivity index (χ1) is 11.0. The Morgan fingerprint density at radius 2 is 2.13 bits per heavy atom. The highest BCUT2D eigenvalue weighted by Crippen LogP contribution is 2.24. The second-order valence-electron chi connectivity index (χ2n) is 4.65. The van der Waals surface area contributed by atoms with Crippen molar-refractivity contribution in [1.82, 2.24) is 14.8 Å². The van der Waals surface area contributed by atoms with E-state index in [0.717, 1.165) is 23.9 Å². The molecule has 9 heteroatoms. The molecule has 124 valence electrons. The molecular formula is C14H16F2N4O2S. The maximum Gasteiger partial charge on any atom is 0.237 e. The Labute approximate surface area is 136 Å². The molecule has 1 unspecified atom stereocenters. The minimum Gasteiger partial charge on any atom is -0.383 e. The minimum atomic E-state index is -0.821. The van der Waals surface area contributed by atoms with Crippen molar-refractivity contribution >= 4 is 23.4 Å². The van der Waals surface area contributed by atoms with Crippen LogP contribution in [0.2, 0.25) is 0 Å². The van der Waals surface area contributed by atoms with Crippen molar-refractivity contribution in [3.63, 3.8) is 0 Å². The van der Waals surface area contributed by atoms with Gasteiger partial charge in [0.2, 0.25) is 5.91 Å². The molecule has 23 heavy (non-hydrogen) atoms. The molecule has 1 aromatic carbocycles. The lowest BCUT2D eigenvalue weighted by molar-refractivity contribution is -0.115. The van der Waals surface area contributed by atoms with E-state index >= 15 is 0 Å². The van der Waals surface area contributed by atoms with Crippen LogP contribution in [0.1, 0.15) is 6.92 Å². The molecule has 1 amide bonds. The fourth-order valence-electron chi connectivity index (χ4n) is 1.73. The monoisotopic (exact) mass is 342 g/mol. The van der Waals surface area contributed by atoms with Crippen molar-refractivity contribution in [3.05, 3.63) is 36.2 Å². The number of aromatic nitrogens is 3. The lowest BCUT2D eigenvalue weighted by Crippen LogP contribution is -2.24. The molecule has 0 aliphatic rings. The number of carbonyl (C=O) groups is 1. The Morgan fingerprint density at radius 1 is 1.43 bits per heavy atom. The van der Waals surface area contributed by atoms with Gasteiger partial charge in [-0.15, -0.1) is 10.2 Å².